The first-order valence-electron chi connectivity index (χ1n) is 8.02. The standard InChI is InChI=1S/C17H25BrN2/c18-15-7-5-14(6-8-15)13-20-11-9-17(10-12-20)19-16-3-1-2-4-16/h5-8,16-17,19H,1-4,9-13H2. The van der Waals surface area contributed by atoms with E-state index in [-0.39, 0.29) is 0 Å². The molecular formula is C17H25BrN2. The Labute approximate surface area is 131 Å². The zero-order valence-electron chi connectivity index (χ0n) is 12.2. The van der Waals surface area contributed by atoms with E-state index in [1.165, 1.54) is 61.7 Å². The first kappa shape index (κ1) is 14.6. The van der Waals surface area contributed by atoms with Gasteiger partial charge in [-0.1, -0.05) is 40.9 Å². The second-order valence-corrected chi connectivity index (χ2v) is 7.24. The number of halogens is 1. The Hall–Kier alpha value is -0.380. The van der Waals surface area contributed by atoms with Gasteiger partial charge in [-0.2, -0.15) is 0 Å². The Morgan fingerprint density at radius 2 is 1.55 bits per heavy atom. The van der Waals surface area contributed by atoms with Crippen LogP contribution in [-0.2, 0) is 6.54 Å². The number of nitrogens with one attached hydrogen (secondary N) is 1. The summed E-state index contributed by atoms with van der Waals surface area (Å²) in [5.74, 6) is 0. The average molecular weight is 337 g/mol. The van der Waals surface area contributed by atoms with Crippen molar-refractivity contribution in [2.45, 2.75) is 57.2 Å². The molecule has 2 nitrogen and oxygen atoms in total. The molecule has 0 aromatic heterocycles. The maximum atomic E-state index is 3.88. The van der Waals surface area contributed by atoms with Gasteiger partial charge in [0.05, 0.1) is 0 Å². The predicted molar refractivity (Wildman–Crippen MR) is 87.8 cm³/mol. The van der Waals surface area contributed by atoms with E-state index in [1.807, 2.05) is 0 Å². The first-order chi connectivity index (χ1) is 9.79. The monoisotopic (exact) mass is 336 g/mol. The molecule has 1 aliphatic heterocycles. The molecule has 0 spiro atoms. The molecule has 0 atom stereocenters. The molecule has 1 aliphatic carbocycles. The van der Waals surface area contributed by atoms with E-state index in [0.717, 1.165) is 18.6 Å². The molecule has 3 rings (SSSR count). The van der Waals surface area contributed by atoms with Crippen molar-refractivity contribution in [1.29, 1.82) is 0 Å². The highest BCUT2D eigenvalue weighted by Gasteiger charge is 2.23. The molecule has 1 aromatic carbocycles. The van der Waals surface area contributed by atoms with Crippen molar-refractivity contribution >= 4 is 15.9 Å². The third-order valence-electron chi connectivity index (χ3n) is 4.73. The quantitative estimate of drug-likeness (QED) is 0.895. The van der Waals surface area contributed by atoms with Gasteiger partial charge in [0.2, 0.25) is 0 Å². The highest BCUT2D eigenvalue weighted by molar-refractivity contribution is 9.10. The molecule has 0 radical (unpaired) electrons. The van der Waals surface area contributed by atoms with Crippen LogP contribution in [0.1, 0.15) is 44.1 Å². The van der Waals surface area contributed by atoms with Gasteiger partial charge in [0.15, 0.2) is 0 Å². The second-order valence-electron chi connectivity index (χ2n) is 6.32. The van der Waals surface area contributed by atoms with E-state index in [2.05, 4.69) is 50.4 Å². The topological polar surface area (TPSA) is 15.3 Å². The normalized spacial score (nSPS) is 22.4. The fraction of sp³-hybridized carbons (Fsp3) is 0.647. The Morgan fingerprint density at radius 3 is 2.20 bits per heavy atom. The number of rotatable bonds is 4. The first-order valence-corrected chi connectivity index (χ1v) is 8.82. The Balaban J connectivity index is 1.42. The van der Waals surface area contributed by atoms with Crippen molar-refractivity contribution in [3.8, 4) is 0 Å². The fourth-order valence-electron chi connectivity index (χ4n) is 3.53. The Bertz CT molecular complexity index is 404. The van der Waals surface area contributed by atoms with Gasteiger partial charge in [-0.15, -0.1) is 0 Å². The molecule has 1 N–H and O–H groups in total. The highest BCUT2D eigenvalue weighted by Crippen LogP contribution is 2.21. The minimum absolute atomic E-state index is 0.763. The summed E-state index contributed by atoms with van der Waals surface area (Å²) in [6, 6.07) is 10.3. The summed E-state index contributed by atoms with van der Waals surface area (Å²) in [7, 11) is 0. The minimum Gasteiger partial charge on any atom is -0.311 e. The molecule has 110 valence electrons. The van der Waals surface area contributed by atoms with Crippen molar-refractivity contribution in [2.75, 3.05) is 13.1 Å². The summed E-state index contributed by atoms with van der Waals surface area (Å²) in [6.07, 6.45) is 8.29. The van der Waals surface area contributed by atoms with E-state index >= 15 is 0 Å². The van der Waals surface area contributed by atoms with Crippen LogP contribution < -0.4 is 5.32 Å². The van der Waals surface area contributed by atoms with E-state index in [9.17, 15) is 0 Å². The summed E-state index contributed by atoms with van der Waals surface area (Å²) in [4.78, 5) is 2.59. The number of hydrogen-bond donors (Lipinski definition) is 1. The number of likely N-dealkylation sites (tertiary alicyclic amines) is 1. The zero-order valence-corrected chi connectivity index (χ0v) is 13.7. The summed E-state index contributed by atoms with van der Waals surface area (Å²) in [5, 5.41) is 3.88. The van der Waals surface area contributed by atoms with Crippen LogP contribution in [0.25, 0.3) is 0 Å². The van der Waals surface area contributed by atoms with Gasteiger partial charge in [0, 0.05) is 23.1 Å². The molecular weight excluding hydrogens is 312 g/mol. The minimum atomic E-state index is 0.763. The maximum absolute atomic E-state index is 3.88. The van der Waals surface area contributed by atoms with Gasteiger partial charge in [0.25, 0.3) is 0 Å². The van der Waals surface area contributed by atoms with Crippen LogP contribution in [0.5, 0.6) is 0 Å². The molecule has 20 heavy (non-hydrogen) atoms. The lowest BCUT2D eigenvalue weighted by Crippen LogP contribution is -2.45. The molecule has 0 unspecified atom stereocenters. The fourth-order valence-corrected chi connectivity index (χ4v) is 3.80. The number of hydrogen-bond acceptors (Lipinski definition) is 2. The molecule has 1 heterocycles. The molecule has 0 bridgehead atoms. The zero-order chi connectivity index (χ0) is 13.8. The molecule has 2 aliphatic rings. The molecule has 1 saturated carbocycles. The number of nitrogens with zero attached hydrogens (tertiary/aromatic N) is 1. The van der Waals surface area contributed by atoms with Crippen LogP contribution in [0.2, 0.25) is 0 Å². The Kier molecular flexibility index (Phi) is 5.14. The summed E-state index contributed by atoms with van der Waals surface area (Å²) >= 11 is 3.50. The van der Waals surface area contributed by atoms with E-state index in [0.29, 0.717) is 0 Å². The number of benzene rings is 1. The van der Waals surface area contributed by atoms with E-state index < -0.39 is 0 Å². The third kappa shape index (κ3) is 4.06. The van der Waals surface area contributed by atoms with Gasteiger partial charge in [-0.05, 0) is 56.5 Å². The SMILES string of the molecule is Brc1ccc(CN2CCC(NC3CCCC3)CC2)cc1. The molecule has 1 saturated heterocycles. The van der Waals surface area contributed by atoms with E-state index in [4.69, 9.17) is 0 Å². The van der Waals surface area contributed by atoms with Gasteiger partial charge in [0.1, 0.15) is 0 Å². The highest BCUT2D eigenvalue weighted by atomic mass is 79.9. The van der Waals surface area contributed by atoms with Crippen LogP contribution in [-0.4, -0.2) is 30.1 Å². The summed E-state index contributed by atoms with van der Waals surface area (Å²) < 4.78 is 1.17. The van der Waals surface area contributed by atoms with Crippen LogP contribution in [0.15, 0.2) is 28.7 Å². The lowest BCUT2D eigenvalue weighted by atomic mass is 10.0. The van der Waals surface area contributed by atoms with Crippen molar-refractivity contribution in [3.63, 3.8) is 0 Å². The van der Waals surface area contributed by atoms with Gasteiger partial charge in [-0.3, -0.25) is 4.90 Å². The molecule has 0 amide bonds. The van der Waals surface area contributed by atoms with Crippen molar-refractivity contribution < 1.29 is 0 Å². The molecule has 3 heteroatoms. The lowest BCUT2D eigenvalue weighted by Gasteiger charge is -2.34. The van der Waals surface area contributed by atoms with Crippen molar-refractivity contribution in [2.24, 2.45) is 0 Å². The van der Waals surface area contributed by atoms with Crippen LogP contribution in [0.4, 0.5) is 0 Å². The van der Waals surface area contributed by atoms with Gasteiger partial charge >= 0.3 is 0 Å². The second kappa shape index (κ2) is 7.06. The third-order valence-corrected chi connectivity index (χ3v) is 5.26. The number of piperidine rings is 1. The van der Waals surface area contributed by atoms with Crippen LogP contribution >= 0.6 is 15.9 Å². The molecule has 2 fully saturated rings. The van der Waals surface area contributed by atoms with Crippen LogP contribution in [0, 0.1) is 0 Å². The molecule has 1 aromatic rings. The Morgan fingerprint density at radius 1 is 0.950 bits per heavy atom. The summed E-state index contributed by atoms with van der Waals surface area (Å²) in [6.45, 7) is 3.57. The van der Waals surface area contributed by atoms with E-state index in [1.54, 1.807) is 0 Å². The smallest absolute Gasteiger partial charge is 0.0233 e. The van der Waals surface area contributed by atoms with Gasteiger partial charge < -0.3 is 5.32 Å². The predicted octanol–water partition coefficient (Wildman–Crippen LogP) is 3.95. The van der Waals surface area contributed by atoms with Crippen molar-refractivity contribution in [1.82, 2.24) is 10.2 Å². The summed E-state index contributed by atoms with van der Waals surface area (Å²) in [5.41, 5.74) is 1.43. The maximum Gasteiger partial charge on any atom is 0.0233 e. The average Bonchev–Trinajstić information content (AvgIpc) is 2.96. The van der Waals surface area contributed by atoms with Crippen LogP contribution in [0.3, 0.4) is 0 Å². The lowest BCUT2D eigenvalue weighted by molar-refractivity contribution is 0.184. The van der Waals surface area contributed by atoms with Crippen molar-refractivity contribution in [3.05, 3.63) is 34.3 Å². The largest absolute Gasteiger partial charge is 0.311 e. The van der Waals surface area contributed by atoms with Gasteiger partial charge in [-0.25, -0.2) is 0 Å².